The lowest BCUT2D eigenvalue weighted by Crippen LogP contribution is -2.32. The fourth-order valence-corrected chi connectivity index (χ4v) is 3.65. The molecule has 2 aliphatic heterocycles. The third-order valence-corrected chi connectivity index (χ3v) is 4.71. The lowest BCUT2D eigenvalue weighted by atomic mass is 10.2. The minimum absolute atomic E-state index is 0.632. The van der Waals surface area contributed by atoms with Crippen molar-refractivity contribution < 1.29 is 0 Å². The van der Waals surface area contributed by atoms with Crippen LogP contribution in [0.4, 0.5) is 17.1 Å². The van der Waals surface area contributed by atoms with Gasteiger partial charge in [-0.25, -0.2) is 0 Å². The van der Waals surface area contributed by atoms with Crippen LogP contribution in [0.3, 0.4) is 0 Å². The standard InChI is InChI=1S/C16H25N3/c1-12-5-6-13(2)19(12)14-7-8-16(15(17)11-14)18-9-3-4-10-18/h7-8,11-13H,3-6,9-10,17H2,1-2H3. The first-order valence-electron chi connectivity index (χ1n) is 7.59. The molecule has 2 aliphatic rings. The highest BCUT2D eigenvalue weighted by molar-refractivity contribution is 5.73. The van der Waals surface area contributed by atoms with Crippen LogP contribution in [0.25, 0.3) is 0 Å². The zero-order chi connectivity index (χ0) is 13.4. The summed E-state index contributed by atoms with van der Waals surface area (Å²) in [4.78, 5) is 4.93. The molecule has 2 heterocycles. The zero-order valence-electron chi connectivity index (χ0n) is 12.1. The highest BCUT2D eigenvalue weighted by atomic mass is 15.2. The van der Waals surface area contributed by atoms with E-state index in [2.05, 4.69) is 41.8 Å². The van der Waals surface area contributed by atoms with Crippen molar-refractivity contribution in [1.29, 1.82) is 0 Å². The SMILES string of the molecule is CC1CCC(C)N1c1ccc(N2CCCC2)c(N)c1. The van der Waals surface area contributed by atoms with Crippen molar-refractivity contribution in [2.24, 2.45) is 0 Å². The van der Waals surface area contributed by atoms with Crippen molar-refractivity contribution in [2.45, 2.75) is 51.6 Å². The second-order valence-electron chi connectivity index (χ2n) is 6.12. The molecule has 2 unspecified atom stereocenters. The number of nitrogen functional groups attached to an aromatic ring is 1. The summed E-state index contributed by atoms with van der Waals surface area (Å²) in [7, 11) is 0. The van der Waals surface area contributed by atoms with Crippen molar-refractivity contribution >= 4 is 17.1 Å². The number of rotatable bonds is 2. The van der Waals surface area contributed by atoms with Crippen LogP contribution < -0.4 is 15.5 Å². The molecule has 19 heavy (non-hydrogen) atoms. The maximum atomic E-state index is 6.29. The van der Waals surface area contributed by atoms with Gasteiger partial charge in [0.2, 0.25) is 0 Å². The van der Waals surface area contributed by atoms with Crippen molar-refractivity contribution in [3.05, 3.63) is 18.2 Å². The summed E-state index contributed by atoms with van der Waals surface area (Å²) in [6.45, 7) is 6.93. The molecule has 0 amide bonds. The molecule has 0 bridgehead atoms. The first kappa shape index (κ1) is 12.6. The molecular weight excluding hydrogens is 234 g/mol. The Kier molecular flexibility index (Phi) is 3.29. The minimum Gasteiger partial charge on any atom is -0.397 e. The lowest BCUT2D eigenvalue weighted by molar-refractivity contribution is 0.694. The van der Waals surface area contributed by atoms with Crippen LogP contribution in [0.2, 0.25) is 0 Å². The minimum atomic E-state index is 0.632. The topological polar surface area (TPSA) is 32.5 Å². The van der Waals surface area contributed by atoms with Crippen molar-refractivity contribution in [2.75, 3.05) is 28.6 Å². The highest BCUT2D eigenvalue weighted by Gasteiger charge is 2.27. The van der Waals surface area contributed by atoms with E-state index in [4.69, 9.17) is 5.73 Å². The number of nitrogens with two attached hydrogens (primary N) is 1. The molecule has 0 aliphatic carbocycles. The van der Waals surface area contributed by atoms with Crippen LogP contribution in [0.5, 0.6) is 0 Å². The quantitative estimate of drug-likeness (QED) is 0.828. The molecule has 2 saturated heterocycles. The predicted octanol–water partition coefficient (Wildman–Crippen LogP) is 3.25. The van der Waals surface area contributed by atoms with Gasteiger partial charge in [-0.2, -0.15) is 0 Å². The van der Waals surface area contributed by atoms with E-state index in [1.165, 1.54) is 37.1 Å². The van der Waals surface area contributed by atoms with E-state index < -0.39 is 0 Å². The van der Waals surface area contributed by atoms with Gasteiger partial charge >= 0.3 is 0 Å². The lowest BCUT2D eigenvalue weighted by Gasteiger charge is -2.30. The summed E-state index contributed by atoms with van der Waals surface area (Å²) in [5, 5.41) is 0. The fraction of sp³-hybridized carbons (Fsp3) is 0.625. The molecule has 0 spiro atoms. The van der Waals surface area contributed by atoms with Gasteiger partial charge in [-0.1, -0.05) is 0 Å². The van der Waals surface area contributed by atoms with Gasteiger partial charge in [-0.05, 0) is 57.7 Å². The molecule has 1 aromatic rings. The summed E-state index contributed by atoms with van der Waals surface area (Å²) in [5.41, 5.74) is 9.74. The van der Waals surface area contributed by atoms with Crippen LogP contribution >= 0.6 is 0 Å². The third kappa shape index (κ3) is 2.26. The summed E-state index contributed by atoms with van der Waals surface area (Å²) in [6.07, 6.45) is 5.16. The summed E-state index contributed by atoms with van der Waals surface area (Å²) < 4.78 is 0. The predicted molar refractivity (Wildman–Crippen MR) is 82.9 cm³/mol. The number of hydrogen-bond donors (Lipinski definition) is 1. The average Bonchev–Trinajstić information content (AvgIpc) is 3.00. The van der Waals surface area contributed by atoms with Crippen molar-refractivity contribution in [3.63, 3.8) is 0 Å². The Morgan fingerprint density at radius 1 is 1.05 bits per heavy atom. The molecule has 3 heteroatoms. The Bertz CT molecular complexity index is 441. The molecule has 2 N–H and O–H groups in total. The first-order valence-corrected chi connectivity index (χ1v) is 7.59. The average molecular weight is 259 g/mol. The monoisotopic (exact) mass is 259 g/mol. The second-order valence-corrected chi connectivity index (χ2v) is 6.12. The van der Waals surface area contributed by atoms with E-state index in [0.717, 1.165) is 18.8 Å². The van der Waals surface area contributed by atoms with E-state index in [-0.39, 0.29) is 0 Å². The molecule has 3 rings (SSSR count). The molecule has 0 radical (unpaired) electrons. The maximum absolute atomic E-state index is 6.29. The van der Waals surface area contributed by atoms with Crippen molar-refractivity contribution in [1.82, 2.24) is 0 Å². The van der Waals surface area contributed by atoms with E-state index in [1.807, 2.05) is 0 Å². The van der Waals surface area contributed by atoms with Gasteiger partial charge in [0, 0.05) is 30.9 Å². The van der Waals surface area contributed by atoms with Gasteiger partial charge < -0.3 is 15.5 Å². The normalized spacial score (nSPS) is 27.3. The Balaban J connectivity index is 1.86. The first-order chi connectivity index (χ1) is 9.16. The van der Waals surface area contributed by atoms with Gasteiger partial charge in [0.25, 0.3) is 0 Å². The largest absolute Gasteiger partial charge is 0.397 e. The van der Waals surface area contributed by atoms with Crippen molar-refractivity contribution in [3.8, 4) is 0 Å². The zero-order valence-corrected chi connectivity index (χ0v) is 12.1. The Morgan fingerprint density at radius 2 is 1.68 bits per heavy atom. The molecule has 0 aromatic heterocycles. The molecule has 104 valence electrons. The van der Waals surface area contributed by atoms with Gasteiger partial charge in [0.05, 0.1) is 11.4 Å². The van der Waals surface area contributed by atoms with E-state index in [9.17, 15) is 0 Å². The van der Waals surface area contributed by atoms with E-state index in [0.29, 0.717) is 12.1 Å². The second kappa shape index (κ2) is 4.95. The van der Waals surface area contributed by atoms with E-state index in [1.54, 1.807) is 0 Å². The molecule has 2 fully saturated rings. The van der Waals surface area contributed by atoms with E-state index >= 15 is 0 Å². The van der Waals surface area contributed by atoms with Gasteiger partial charge in [0.1, 0.15) is 0 Å². The van der Waals surface area contributed by atoms with Gasteiger partial charge in [-0.3, -0.25) is 0 Å². The van der Waals surface area contributed by atoms with Crippen LogP contribution in [-0.2, 0) is 0 Å². The number of anilines is 3. The molecule has 0 saturated carbocycles. The number of hydrogen-bond acceptors (Lipinski definition) is 3. The van der Waals surface area contributed by atoms with Crippen LogP contribution in [-0.4, -0.2) is 25.2 Å². The Labute approximate surface area is 116 Å². The third-order valence-electron chi connectivity index (χ3n) is 4.71. The summed E-state index contributed by atoms with van der Waals surface area (Å²) in [5.74, 6) is 0. The smallest absolute Gasteiger partial charge is 0.0601 e. The van der Waals surface area contributed by atoms with Gasteiger partial charge in [0.15, 0.2) is 0 Å². The molecule has 3 nitrogen and oxygen atoms in total. The van der Waals surface area contributed by atoms with Crippen LogP contribution in [0.15, 0.2) is 18.2 Å². The Hall–Kier alpha value is -1.38. The maximum Gasteiger partial charge on any atom is 0.0601 e. The molecular formula is C16H25N3. The number of benzene rings is 1. The van der Waals surface area contributed by atoms with Gasteiger partial charge in [-0.15, -0.1) is 0 Å². The Morgan fingerprint density at radius 3 is 2.26 bits per heavy atom. The summed E-state index contributed by atoms with van der Waals surface area (Å²) in [6, 6.07) is 7.90. The summed E-state index contributed by atoms with van der Waals surface area (Å²) >= 11 is 0. The van der Waals surface area contributed by atoms with Crippen LogP contribution in [0, 0.1) is 0 Å². The fourth-order valence-electron chi connectivity index (χ4n) is 3.65. The highest BCUT2D eigenvalue weighted by Crippen LogP contribution is 2.35. The van der Waals surface area contributed by atoms with Crippen LogP contribution in [0.1, 0.15) is 39.5 Å². The molecule has 1 aromatic carbocycles. The molecule has 2 atom stereocenters. The number of nitrogens with zero attached hydrogens (tertiary/aromatic N) is 2.